The molecule has 0 saturated carbocycles. The highest BCUT2D eigenvalue weighted by Gasteiger charge is 2.25. The smallest absolute Gasteiger partial charge is 0.269 e. The van der Waals surface area contributed by atoms with Gasteiger partial charge in [0.05, 0.1) is 5.52 Å². The maximum Gasteiger partial charge on any atom is 0.269 e. The Kier molecular flexibility index (Phi) is 6.37. The Morgan fingerprint density at radius 3 is 2.53 bits per heavy atom. The molecule has 3 amide bonds. The van der Waals surface area contributed by atoms with Crippen LogP contribution in [0.5, 0.6) is 0 Å². The van der Waals surface area contributed by atoms with E-state index in [-0.39, 0.29) is 24.1 Å². The zero-order chi connectivity index (χ0) is 21.8. The molecule has 0 aliphatic rings. The van der Waals surface area contributed by atoms with Gasteiger partial charge in [-0.2, -0.15) is 5.10 Å². The molecule has 30 heavy (non-hydrogen) atoms. The Morgan fingerprint density at radius 2 is 1.87 bits per heavy atom. The SMILES string of the molecule is CC(C)C(NC(=O)Cn1nc(C(N)=O)c2ccccc21)C(=O)Nc1cccc(Cl)c1. The summed E-state index contributed by atoms with van der Waals surface area (Å²) < 4.78 is 1.40. The van der Waals surface area contributed by atoms with Crippen LogP contribution in [0.3, 0.4) is 0 Å². The van der Waals surface area contributed by atoms with Crippen molar-refractivity contribution in [2.75, 3.05) is 5.32 Å². The number of rotatable bonds is 7. The Balaban J connectivity index is 1.75. The number of para-hydroxylation sites is 1. The molecule has 4 N–H and O–H groups in total. The summed E-state index contributed by atoms with van der Waals surface area (Å²) in [7, 11) is 0. The lowest BCUT2D eigenvalue weighted by Crippen LogP contribution is -2.48. The molecule has 0 bridgehead atoms. The standard InChI is InChI=1S/C21H22ClN5O3/c1-12(2)18(21(30)24-14-7-5-6-13(22)10-14)25-17(28)11-27-16-9-4-3-8-15(16)19(26-27)20(23)29/h3-10,12,18H,11H2,1-2H3,(H2,23,29)(H,24,30)(H,25,28). The summed E-state index contributed by atoms with van der Waals surface area (Å²) in [6.07, 6.45) is 0. The van der Waals surface area contributed by atoms with E-state index in [1.165, 1.54) is 4.68 Å². The van der Waals surface area contributed by atoms with Crippen LogP contribution >= 0.6 is 11.6 Å². The minimum Gasteiger partial charge on any atom is -0.364 e. The molecule has 1 aromatic heterocycles. The number of hydrogen-bond donors (Lipinski definition) is 3. The Hall–Kier alpha value is -3.39. The second kappa shape index (κ2) is 8.96. The molecule has 3 rings (SSSR count). The van der Waals surface area contributed by atoms with Crippen molar-refractivity contribution in [3.63, 3.8) is 0 Å². The van der Waals surface area contributed by atoms with Crippen molar-refractivity contribution in [3.05, 3.63) is 59.2 Å². The van der Waals surface area contributed by atoms with E-state index in [1.54, 1.807) is 48.5 Å². The van der Waals surface area contributed by atoms with E-state index in [2.05, 4.69) is 15.7 Å². The van der Waals surface area contributed by atoms with Crippen molar-refractivity contribution in [1.82, 2.24) is 15.1 Å². The average molecular weight is 428 g/mol. The van der Waals surface area contributed by atoms with Crippen molar-refractivity contribution < 1.29 is 14.4 Å². The lowest BCUT2D eigenvalue weighted by Gasteiger charge is -2.22. The zero-order valence-corrected chi connectivity index (χ0v) is 17.3. The predicted molar refractivity (Wildman–Crippen MR) is 115 cm³/mol. The minimum absolute atomic E-state index is 0.0949. The van der Waals surface area contributed by atoms with Gasteiger partial charge in [-0.1, -0.05) is 49.7 Å². The lowest BCUT2D eigenvalue weighted by molar-refractivity contribution is -0.127. The van der Waals surface area contributed by atoms with Gasteiger partial charge in [-0.25, -0.2) is 0 Å². The fourth-order valence-electron chi connectivity index (χ4n) is 3.11. The summed E-state index contributed by atoms with van der Waals surface area (Å²) in [5.41, 5.74) is 6.63. The van der Waals surface area contributed by atoms with Crippen molar-refractivity contribution in [1.29, 1.82) is 0 Å². The molecular formula is C21H22ClN5O3. The van der Waals surface area contributed by atoms with Crippen LogP contribution in [0.2, 0.25) is 5.02 Å². The van der Waals surface area contributed by atoms with Gasteiger partial charge in [0, 0.05) is 16.1 Å². The number of carbonyl (C=O) groups is 3. The maximum atomic E-state index is 12.7. The van der Waals surface area contributed by atoms with Gasteiger partial charge in [-0.05, 0) is 30.2 Å². The van der Waals surface area contributed by atoms with E-state index >= 15 is 0 Å². The minimum atomic E-state index is -0.770. The van der Waals surface area contributed by atoms with Gasteiger partial charge >= 0.3 is 0 Å². The first-order chi connectivity index (χ1) is 14.3. The van der Waals surface area contributed by atoms with Gasteiger partial charge in [0.15, 0.2) is 5.69 Å². The topological polar surface area (TPSA) is 119 Å². The van der Waals surface area contributed by atoms with Gasteiger partial charge in [0.25, 0.3) is 5.91 Å². The molecule has 0 saturated heterocycles. The number of nitrogens with one attached hydrogen (secondary N) is 2. The molecule has 1 unspecified atom stereocenters. The monoisotopic (exact) mass is 427 g/mol. The summed E-state index contributed by atoms with van der Waals surface area (Å²) in [5.74, 6) is -1.61. The highest BCUT2D eigenvalue weighted by atomic mass is 35.5. The molecule has 3 aromatic rings. The van der Waals surface area contributed by atoms with Gasteiger partial charge in [-0.15, -0.1) is 0 Å². The molecular weight excluding hydrogens is 406 g/mol. The zero-order valence-electron chi connectivity index (χ0n) is 16.6. The summed E-state index contributed by atoms with van der Waals surface area (Å²) in [4.78, 5) is 37.0. The Morgan fingerprint density at radius 1 is 1.13 bits per heavy atom. The first kappa shape index (κ1) is 21.3. The van der Waals surface area contributed by atoms with Gasteiger partial charge in [0.2, 0.25) is 11.8 Å². The third-order valence-corrected chi connectivity index (χ3v) is 4.78. The molecule has 1 heterocycles. The molecule has 9 heteroatoms. The van der Waals surface area contributed by atoms with Gasteiger partial charge in [0.1, 0.15) is 12.6 Å². The number of carbonyl (C=O) groups excluding carboxylic acids is 3. The average Bonchev–Trinajstić information content (AvgIpc) is 3.04. The number of fused-ring (bicyclic) bond motifs is 1. The molecule has 0 spiro atoms. The highest BCUT2D eigenvalue weighted by molar-refractivity contribution is 6.30. The van der Waals surface area contributed by atoms with Crippen molar-refractivity contribution in [2.45, 2.75) is 26.4 Å². The first-order valence-corrected chi connectivity index (χ1v) is 9.75. The van der Waals surface area contributed by atoms with Crippen LogP contribution in [0.4, 0.5) is 5.69 Å². The second-order valence-electron chi connectivity index (χ2n) is 7.18. The summed E-state index contributed by atoms with van der Waals surface area (Å²) in [6, 6.07) is 13.0. The van der Waals surface area contributed by atoms with Crippen LogP contribution in [0, 0.1) is 5.92 Å². The number of primary amides is 1. The number of anilines is 1. The molecule has 1 atom stereocenters. The van der Waals surface area contributed by atoms with Crippen molar-refractivity contribution in [3.8, 4) is 0 Å². The second-order valence-corrected chi connectivity index (χ2v) is 7.61. The number of benzene rings is 2. The van der Waals surface area contributed by atoms with Crippen molar-refractivity contribution in [2.24, 2.45) is 11.7 Å². The van der Waals surface area contributed by atoms with Crippen LogP contribution in [0.1, 0.15) is 24.3 Å². The summed E-state index contributed by atoms with van der Waals surface area (Å²) in [5, 5.41) is 10.7. The summed E-state index contributed by atoms with van der Waals surface area (Å²) in [6.45, 7) is 3.50. The quantitative estimate of drug-likeness (QED) is 0.536. The third kappa shape index (κ3) is 4.77. The van der Waals surface area contributed by atoms with E-state index in [0.717, 1.165) is 0 Å². The number of nitrogens with zero attached hydrogens (tertiary/aromatic N) is 2. The Labute approximate surface area is 178 Å². The fourth-order valence-corrected chi connectivity index (χ4v) is 3.30. The maximum absolute atomic E-state index is 12.7. The number of halogens is 1. The van der Waals surface area contributed by atoms with Gasteiger partial charge in [-0.3, -0.25) is 19.1 Å². The number of nitrogens with two attached hydrogens (primary N) is 1. The first-order valence-electron chi connectivity index (χ1n) is 9.37. The predicted octanol–water partition coefficient (Wildman–Crippen LogP) is 2.57. The van der Waals surface area contributed by atoms with Crippen LogP contribution in [-0.4, -0.2) is 33.5 Å². The molecule has 0 fully saturated rings. The van der Waals surface area contributed by atoms with E-state index in [4.69, 9.17) is 17.3 Å². The number of hydrogen-bond acceptors (Lipinski definition) is 4. The molecule has 2 aromatic carbocycles. The molecule has 0 radical (unpaired) electrons. The third-order valence-electron chi connectivity index (χ3n) is 4.54. The molecule has 8 nitrogen and oxygen atoms in total. The van der Waals surface area contributed by atoms with E-state index < -0.39 is 17.9 Å². The fraction of sp³-hybridized carbons (Fsp3) is 0.238. The highest BCUT2D eigenvalue weighted by Crippen LogP contribution is 2.18. The molecule has 0 aliphatic heterocycles. The van der Waals surface area contributed by atoms with Crippen LogP contribution in [0.15, 0.2) is 48.5 Å². The number of amides is 3. The van der Waals surface area contributed by atoms with Crippen LogP contribution in [0.25, 0.3) is 10.9 Å². The van der Waals surface area contributed by atoms with E-state index in [1.807, 2.05) is 13.8 Å². The van der Waals surface area contributed by atoms with Crippen molar-refractivity contribution >= 4 is 45.9 Å². The Bertz CT molecular complexity index is 1110. The van der Waals surface area contributed by atoms with Crippen LogP contribution < -0.4 is 16.4 Å². The van der Waals surface area contributed by atoms with E-state index in [9.17, 15) is 14.4 Å². The lowest BCUT2D eigenvalue weighted by atomic mass is 10.0. The normalized spacial score (nSPS) is 12.0. The van der Waals surface area contributed by atoms with Crippen LogP contribution in [-0.2, 0) is 16.1 Å². The van der Waals surface area contributed by atoms with E-state index in [0.29, 0.717) is 21.6 Å². The van der Waals surface area contributed by atoms with Gasteiger partial charge < -0.3 is 16.4 Å². The molecule has 156 valence electrons. The largest absolute Gasteiger partial charge is 0.364 e. The number of aromatic nitrogens is 2. The summed E-state index contributed by atoms with van der Waals surface area (Å²) >= 11 is 5.95. The molecule has 0 aliphatic carbocycles.